The van der Waals surface area contributed by atoms with Gasteiger partial charge in [-0.25, -0.2) is 0 Å². The van der Waals surface area contributed by atoms with E-state index in [1.54, 1.807) is 0 Å². The van der Waals surface area contributed by atoms with Gasteiger partial charge in [0.2, 0.25) is 0 Å². The first kappa shape index (κ1) is 14.4. The lowest BCUT2D eigenvalue weighted by Gasteiger charge is -2.21. The topological polar surface area (TPSA) is 34.1 Å². The van der Waals surface area contributed by atoms with Crippen molar-refractivity contribution in [1.82, 2.24) is 4.98 Å². The zero-order valence-electron chi connectivity index (χ0n) is 13.1. The summed E-state index contributed by atoms with van der Waals surface area (Å²) in [7, 11) is 0. The molecule has 0 aliphatic heterocycles. The number of hydrogen-bond acceptors (Lipinski definition) is 3. The lowest BCUT2D eigenvalue weighted by Crippen LogP contribution is -2.22. The number of nitrogens with zero attached hydrogens (tertiary/aromatic N) is 1. The Bertz CT molecular complexity index is 773. The summed E-state index contributed by atoms with van der Waals surface area (Å²) in [5.41, 5.74) is 2.90. The molecule has 3 heteroatoms. The molecule has 0 fully saturated rings. The Morgan fingerprint density at radius 1 is 0.909 bits per heavy atom. The Morgan fingerprint density at radius 2 is 1.64 bits per heavy atom. The van der Waals surface area contributed by atoms with Crippen molar-refractivity contribution in [1.29, 1.82) is 0 Å². The van der Waals surface area contributed by atoms with Crippen molar-refractivity contribution >= 4 is 22.3 Å². The van der Waals surface area contributed by atoms with E-state index in [1.165, 1.54) is 0 Å². The van der Waals surface area contributed by atoms with Crippen molar-refractivity contribution in [3.05, 3.63) is 60.8 Å². The van der Waals surface area contributed by atoms with E-state index in [1.807, 2.05) is 69.4 Å². The molecule has 3 nitrogen and oxygen atoms in total. The van der Waals surface area contributed by atoms with Crippen LogP contribution in [0.2, 0.25) is 0 Å². The summed E-state index contributed by atoms with van der Waals surface area (Å²) in [6, 6.07) is 18.2. The van der Waals surface area contributed by atoms with Gasteiger partial charge in [-0.1, -0.05) is 6.07 Å². The SMILES string of the molecule is CC(C)(C)Oc1ccc(Nc2ccc3ncccc3c2)cc1. The Labute approximate surface area is 131 Å². The molecule has 22 heavy (non-hydrogen) atoms. The highest BCUT2D eigenvalue weighted by Crippen LogP contribution is 2.24. The monoisotopic (exact) mass is 292 g/mol. The molecule has 3 rings (SSSR count). The second kappa shape index (κ2) is 5.68. The average molecular weight is 292 g/mol. The summed E-state index contributed by atoms with van der Waals surface area (Å²) in [5, 5.41) is 4.53. The molecule has 0 bridgehead atoms. The summed E-state index contributed by atoms with van der Waals surface area (Å²) in [5.74, 6) is 0.876. The summed E-state index contributed by atoms with van der Waals surface area (Å²) < 4.78 is 5.83. The summed E-state index contributed by atoms with van der Waals surface area (Å²) in [6.07, 6.45) is 1.81. The van der Waals surface area contributed by atoms with Crippen molar-refractivity contribution in [2.75, 3.05) is 5.32 Å². The first-order valence-corrected chi connectivity index (χ1v) is 7.40. The zero-order chi connectivity index (χ0) is 15.6. The van der Waals surface area contributed by atoms with Gasteiger partial charge in [0.05, 0.1) is 5.52 Å². The third kappa shape index (κ3) is 3.55. The number of pyridine rings is 1. The van der Waals surface area contributed by atoms with Gasteiger partial charge in [0.25, 0.3) is 0 Å². The maximum atomic E-state index is 5.83. The molecule has 0 aliphatic carbocycles. The highest BCUT2D eigenvalue weighted by atomic mass is 16.5. The first-order valence-electron chi connectivity index (χ1n) is 7.40. The zero-order valence-corrected chi connectivity index (χ0v) is 13.1. The maximum absolute atomic E-state index is 5.83. The molecule has 1 aromatic heterocycles. The number of fused-ring (bicyclic) bond motifs is 1. The number of ether oxygens (including phenoxy) is 1. The van der Waals surface area contributed by atoms with Crippen molar-refractivity contribution < 1.29 is 4.74 Å². The van der Waals surface area contributed by atoms with Gasteiger partial charge < -0.3 is 10.1 Å². The van der Waals surface area contributed by atoms with E-state index in [4.69, 9.17) is 4.74 Å². The number of rotatable bonds is 3. The van der Waals surface area contributed by atoms with Crippen molar-refractivity contribution in [2.45, 2.75) is 26.4 Å². The van der Waals surface area contributed by atoms with E-state index in [2.05, 4.69) is 22.4 Å². The number of nitrogens with one attached hydrogen (secondary N) is 1. The average Bonchev–Trinajstić information content (AvgIpc) is 2.48. The summed E-state index contributed by atoms with van der Waals surface area (Å²) in [6.45, 7) is 6.13. The predicted molar refractivity (Wildman–Crippen MR) is 91.8 cm³/mol. The van der Waals surface area contributed by atoms with E-state index < -0.39 is 0 Å². The minimum absolute atomic E-state index is 0.180. The molecule has 3 aromatic rings. The second-order valence-corrected chi connectivity index (χ2v) is 6.27. The van der Waals surface area contributed by atoms with Gasteiger partial charge in [-0.2, -0.15) is 0 Å². The van der Waals surface area contributed by atoms with Gasteiger partial charge in [-0.3, -0.25) is 4.98 Å². The Kier molecular flexibility index (Phi) is 3.72. The van der Waals surface area contributed by atoms with Gasteiger partial charge in [0.15, 0.2) is 0 Å². The van der Waals surface area contributed by atoms with E-state index >= 15 is 0 Å². The molecule has 0 spiro atoms. The van der Waals surface area contributed by atoms with E-state index in [9.17, 15) is 0 Å². The molecule has 0 aliphatic rings. The molecule has 0 radical (unpaired) electrons. The quantitative estimate of drug-likeness (QED) is 0.724. The highest BCUT2D eigenvalue weighted by Gasteiger charge is 2.11. The molecule has 0 amide bonds. The lowest BCUT2D eigenvalue weighted by molar-refractivity contribution is 0.131. The van der Waals surface area contributed by atoms with Crippen LogP contribution in [0.25, 0.3) is 10.9 Å². The fourth-order valence-electron chi connectivity index (χ4n) is 2.28. The van der Waals surface area contributed by atoms with E-state index in [-0.39, 0.29) is 5.60 Å². The molecule has 0 unspecified atom stereocenters. The van der Waals surface area contributed by atoms with Gasteiger partial charge in [0, 0.05) is 23.0 Å². The second-order valence-electron chi connectivity index (χ2n) is 6.27. The Morgan fingerprint density at radius 3 is 2.36 bits per heavy atom. The van der Waals surface area contributed by atoms with Crippen molar-refractivity contribution in [3.63, 3.8) is 0 Å². The molecule has 0 saturated carbocycles. The van der Waals surface area contributed by atoms with Crippen LogP contribution in [0, 0.1) is 0 Å². The van der Waals surface area contributed by atoms with Gasteiger partial charge in [-0.15, -0.1) is 0 Å². The van der Waals surface area contributed by atoms with Gasteiger partial charge in [-0.05, 0) is 69.3 Å². The number of aromatic nitrogens is 1. The predicted octanol–water partition coefficient (Wildman–Crippen LogP) is 5.16. The van der Waals surface area contributed by atoms with Gasteiger partial charge in [0.1, 0.15) is 11.4 Å². The molecule has 112 valence electrons. The number of hydrogen-bond donors (Lipinski definition) is 1. The summed E-state index contributed by atoms with van der Waals surface area (Å²) in [4.78, 5) is 4.33. The minimum atomic E-state index is -0.180. The van der Waals surface area contributed by atoms with Crippen LogP contribution in [0.4, 0.5) is 11.4 Å². The third-order valence-electron chi connectivity index (χ3n) is 3.17. The van der Waals surface area contributed by atoms with Gasteiger partial charge >= 0.3 is 0 Å². The number of anilines is 2. The Hall–Kier alpha value is -2.55. The molecule has 0 saturated heterocycles. The van der Waals surface area contributed by atoms with Crippen LogP contribution in [0.5, 0.6) is 5.75 Å². The fourth-order valence-corrected chi connectivity index (χ4v) is 2.28. The number of benzene rings is 2. The third-order valence-corrected chi connectivity index (χ3v) is 3.17. The van der Waals surface area contributed by atoms with Crippen LogP contribution >= 0.6 is 0 Å². The molecule has 0 atom stereocenters. The normalized spacial score (nSPS) is 11.4. The van der Waals surface area contributed by atoms with Crippen LogP contribution in [0.1, 0.15) is 20.8 Å². The molecular formula is C19H20N2O. The molecule has 2 aromatic carbocycles. The fraction of sp³-hybridized carbons (Fsp3) is 0.211. The van der Waals surface area contributed by atoms with Crippen LogP contribution in [0.15, 0.2) is 60.8 Å². The van der Waals surface area contributed by atoms with Crippen molar-refractivity contribution in [3.8, 4) is 5.75 Å². The molecular weight excluding hydrogens is 272 g/mol. The lowest BCUT2D eigenvalue weighted by atomic mass is 10.2. The Balaban J connectivity index is 1.77. The first-order chi connectivity index (χ1) is 10.5. The van der Waals surface area contributed by atoms with E-state index in [0.717, 1.165) is 28.0 Å². The van der Waals surface area contributed by atoms with Crippen LogP contribution in [0.3, 0.4) is 0 Å². The maximum Gasteiger partial charge on any atom is 0.120 e. The molecule has 1 N–H and O–H groups in total. The summed E-state index contributed by atoms with van der Waals surface area (Å²) >= 11 is 0. The van der Waals surface area contributed by atoms with Crippen LogP contribution < -0.4 is 10.1 Å². The van der Waals surface area contributed by atoms with Crippen LogP contribution in [-0.2, 0) is 0 Å². The minimum Gasteiger partial charge on any atom is -0.488 e. The largest absolute Gasteiger partial charge is 0.488 e. The van der Waals surface area contributed by atoms with E-state index in [0.29, 0.717) is 0 Å². The highest BCUT2D eigenvalue weighted by molar-refractivity contribution is 5.83. The molecule has 1 heterocycles. The van der Waals surface area contributed by atoms with Crippen LogP contribution in [-0.4, -0.2) is 10.6 Å². The smallest absolute Gasteiger partial charge is 0.120 e. The standard InChI is InChI=1S/C19H20N2O/c1-19(2,3)22-17-9-6-15(7-10-17)21-16-8-11-18-14(13-16)5-4-12-20-18/h4-13,21H,1-3H3. The van der Waals surface area contributed by atoms with Crippen molar-refractivity contribution in [2.24, 2.45) is 0 Å².